The van der Waals surface area contributed by atoms with Gasteiger partial charge in [0.05, 0.1) is 25.2 Å². The highest BCUT2D eigenvalue weighted by Crippen LogP contribution is 2.32. The second-order valence-corrected chi connectivity index (χ2v) is 8.59. The summed E-state index contributed by atoms with van der Waals surface area (Å²) < 4.78 is 64.9. The van der Waals surface area contributed by atoms with E-state index in [0.717, 1.165) is 0 Å². The largest absolute Gasteiger partial charge is 0.447 e. The van der Waals surface area contributed by atoms with Gasteiger partial charge in [0, 0.05) is 18.4 Å². The molecule has 0 radical (unpaired) electrons. The third kappa shape index (κ3) is 13.6. The molecular formula is C18H32F4N2O4. The summed E-state index contributed by atoms with van der Waals surface area (Å²) in [6.07, 6.45) is -3.82. The molecule has 0 aliphatic rings. The van der Waals surface area contributed by atoms with Gasteiger partial charge in [-0.15, -0.1) is 0 Å². The first-order chi connectivity index (χ1) is 12.4. The van der Waals surface area contributed by atoms with Gasteiger partial charge < -0.3 is 20.1 Å². The summed E-state index contributed by atoms with van der Waals surface area (Å²) in [5.41, 5.74) is -1.20. The second-order valence-electron chi connectivity index (χ2n) is 8.59. The number of ether oxygens (including phenoxy) is 2. The van der Waals surface area contributed by atoms with Gasteiger partial charge in [0.25, 0.3) is 11.8 Å². The van der Waals surface area contributed by atoms with Crippen LogP contribution in [0.1, 0.15) is 54.4 Å². The number of nitrogens with one attached hydrogen (secondary N) is 2. The van der Waals surface area contributed by atoms with Gasteiger partial charge in [0.2, 0.25) is 5.91 Å². The van der Waals surface area contributed by atoms with Crippen molar-refractivity contribution in [3.05, 3.63) is 0 Å². The minimum Gasteiger partial charge on any atom is -0.447 e. The van der Waals surface area contributed by atoms with Crippen molar-refractivity contribution in [3.63, 3.8) is 0 Å². The van der Waals surface area contributed by atoms with Gasteiger partial charge >= 0.3 is 6.09 Å². The van der Waals surface area contributed by atoms with Crippen LogP contribution in [0.25, 0.3) is 0 Å². The Morgan fingerprint density at radius 2 is 1.43 bits per heavy atom. The van der Waals surface area contributed by atoms with Gasteiger partial charge in [-0.3, -0.25) is 4.79 Å². The molecule has 166 valence electrons. The van der Waals surface area contributed by atoms with E-state index in [2.05, 4.69) is 10.1 Å². The van der Waals surface area contributed by atoms with E-state index in [0.29, 0.717) is 0 Å². The lowest BCUT2D eigenvalue weighted by molar-refractivity contribution is -0.129. The lowest BCUT2D eigenvalue weighted by atomic mass is 9.95. The molecular weight excluding hydrogens is 384 g/mol. The second kappa shape index (κ2) is 10.3. The van der Waals surface area contributed by atoms with Crippen LogP contribution in [0.3, 0.4) is 0 Å². The predicted octanol–water partition coefficient (Wildman–Crippen LogP) is 3.74. The Morgan fingerprint density at radius 3 is 1.93 bits per heavy atom. The topological polar surface area (TPSA) is 76.7 Å². The maximum absolute atomic E-state index is 13.8. The Kier molecular flexibility index (Phi) is 9.69. The normalized spacial score (nSPS) is 13.2. The number of alkyl carbamates (subject to hydrolysis) is 1. The van der Waals surface area contributed by atoms with Crippen LogP contribution in [0.4, 0.5) is 22.4 Å². The van der Waals surface area contributed by atoms with Gasteiger partial charge in [-0.2, -0.15) is 0 Å². The first kappa shape index (κ1) is 26.4. The average molecular weight is 416 g/mol. The number of alkyl halides is 4. The summed E-state index contributed by atoms with van der Waals surface area (Å²) in [5.74, 6) is -7.99. The lowest BCUT2D eigenvalue weighted by Crippen LogP contribution is -2.42. The Balaban J connectivity index is 4.24. The van der Waals surface area contributed by atoms with Gasteiger partial charge in [-0.05, 0) is 20.8 Å². The molecule has 0 rings (SSSR count). The number of rotatable bonds is 10. The molecule has 0 aliphatic carbocycles. The smallest absolute Gasteiger partial charge is 0.407 e. The summed E-state index contributed by atoms with van der Waals surface area (Å²) in [6, 6.07) is 0. The first-order valence-corrected chi connectivity index (χ1v) is 9.02. The zero-order chi connectivity index (χ0) is 22.2. The third-order valence-corrected chi connectivity index (χ3v) is 3.32. The van der Waals surface area contributed by atoms with Crippen molar-refractivity contribution in [1.29, 1.82) is 0 Å². The first-order valence-electron chi connectivity index (χ1n) is 9.02. The van der Waals surface area contributed by atoms with Crippen molar-refractivity contribution in [2.75, 3.05) is 26.3 Å². The predicted molar refractivity (Wildman–Crippen MR) is 96.6 cm³/mol. The molecule has 0 unspecified atom stereocenters. The van der Waals surface area contributed by atoms with Gasteiger partial charge in [0.1, 0.15) is 6.61 Å². The Bertz CT molecular complexity index is 515. The zero-order valence-corrected chi connectivity index (χ0v) is 17.4. The number of amides is 2. The minimum absolute atomic E-state index is 0.0751. The highest BCUT2D eigenvalue weighted by Gasteiger charge is 2.43. The van der Waals surface area contributed by atoms with Crippen LogP contribution in [0.15, 0.2) is 0 Å². The molecule has 0 bridgehead atoms. The maximum atomic E-state index is 13.8. The molecule has 28 heavy (non-hydrogen) atoms. The van der Waals surface area contributed by atoms with Crippen LogP contribution < -0.4 is 10.6 Å². The molecule has 6 nitrogen and oxygen atoms in total. The molecule has 0 heterocycles. The number of halogens is 4. The van der Waals surface area contributed by atoms with Crippen LogP contribution in [-0.2, 0) is 14.3 Å². The summed E-state index contributed by atoms with van der Waals surface area (Å²) in [4.78, 5) is 23.0. The number of carbonyl (C=O) groups excluding carboxylic acids is 2. The Morgan fingerprint density at radius 1 is 0.857 bits per heavy atom. The van der Waals surface area contributed by atoms with E-state index in [1.54, 1.807) is 46.9 Å². The monoisotopic (exact) mass is 416 g/mol. The molecule has 0 aromatic rings. The van der Waals surface area contributed by atoms with E-state index >= 15 is 0 Å². The molecule has 2 N–H and O–H groups in total. The molecule has 0 fully saturated rings. The van der Waals surface area contributed by atoms with Crippen molar-refractivity contribution >= 4 is 12.0 Å². The van der Waals surface area contributed by atoms with Crippen LogP contribution >= 0.6 is 0 Å². The van der Waals surface area contributed by atoms with E-state index in [1.807, 2.05) is 0 Å². The molecule has 0 aromatic heterocycles. The van der Waals surface area contributed by atoms with E-state index in [9.17, 15) is 27.2 Å². The fourth-order valence-corrected chi connectivity index (χ4v) is 1.89. The van der Waals surface area contributed by atoms with E-state index in [1.165, 1.54) is 0 Å². The van der Waals surface area contributed by atoms with Crippen LogP contribution in [0.2, 0.25) is 0 Å². The Labute approximate surface area is 163 Å². The molecule has 2 amide bonds. The fourth-order valence-electron chi connectivity index (χ4n) is 1.89. The van der Waals surface area contributed by atoms with Gasteiger partial charge in [-0.25, -0.2) is 22.4 Å². The fraction of sp³-hybridized carbons (Fsp3) is 0.889. The summed E-state index contributed by atoms with van der Waals surface area (Å²) >= 11 is 0. The maximum Gasteiger partial charge on any atom is 0.407 e. The molecule has 0 aliphatic heterocycles. The molecule has 10 heteroatoms. The van der Waals surface area contributed by atoms with Crippen molar-refractivity contribution in [1.82, 2.24) is 10.6 Å². The summed E-state index contributed by atoms with van der Waals surface area (Å²) in [7, 11) is 0. The molecule has 0 saturated carbocycles. The van der Waals surface area contributed by atoms with Crippen molar-refractivity contribution in [2.45, 2.75) is 71.8 Å². The van der Waals surface area contributed by atoms with Crippen molar-refractivity contribution in [3.8, 4) is 0 Å². The van der Waals surface area contributed by atoms with Crippen LogP contribution in [0.5, 0.6) is 0 Å². The van der Waals surface area contributed by atoms with Crippen molar-refractivity contribution < 1.29 is 36.6 Å². The molecule has 0 saturated heterocycles. The highest BCUT2D eigenvalue weighted by molar-refractivity contribution is 5.81. The number of hydrogen-bond donors (Lipinski definition) is 2. The Hall–Kier alpha value is -1.58. The van der Waals surface area contributed by atoms with Crippen LogP contribution in [-0.4, -0.2) is 55.7 Å². The molecule has 0 spiro atoms. The third-order valence-electron chi connectivity index (χ3n) is 3.32. The SMILES string of the molecule is CC(C)(C)OCCOC(=O)NCC(F)(F)CC(F)(F)CCNC(=O)C(C)(C)C. The molecule has 0 atom stereocenters. The van der Waals surface area contributed by atoms with E-state index in [4.69, 9.17) is 4.74 Å². The zero-order valence-electron chi connectivity index (χ0n) is 17.4. The minimum atomic E-state index is -3.83. The van der Waals surface area contributed by atoms with Gasteiger partial charge in [0.15, 0.2) is 0 Å². The van der Waals surface area contributed by atoms with E-state index in [-0.39, 0.29) is 13.2 Å². The average Bonchev–Trinajstić information content (AvgIpc) is 2.46. The number of hydrogen-bond acceptors (Lipinski definition) is 4. The van der Waals surface area contributed by atoms with E-state index < -0.39 is 60.8 Å². The van der Waals surface area contributed by atoms with Crippen molar-refractivity contribution in [2.24, 2.45) is 5.41 Å². The summed E-state index contributed by atoms with van der Waals surface area (Å²) in [5, 5.41) is 4.06. The van der Waals surface area contributed by atoms with Gasteiger partial charge in [-0.1, -0.05) is 20.8 Å². The lowest BCUT2D eigenvalue weighted by Gasteiger charge is -2.24. The summed E-state index contributed by atoms with van der Waals surface area (Å²) in [6.45, 7) is 8.41. The highest BCUT2D eigenvalue weighted by atomic mass is 19.3. The standard InChI is InChI=1S/C18H32F4N2O4/c1-15(2,3)13(25)23-8-7-17(19,20)11-18(21,22)12-24-14(26)27-9-10-28-16(4,5)6/h7-12H2,1-6H3,(H,23,25)(H,24,26). The van der Waals surface area contributed by atoms with Crippen LogP contribution in [0, 0.1) is 5.41 Å². The molecule has 0 aromatic carbocycles. The quantitative estimate of drug-likeness (QED) is 0.420. The number of carbonyl (C=O) groups is 2.